The summed E-state index contributed by atoms with van der Waals surface area (Å²) in [4.78, 5) is 24.8. The molecule has 1 atom stereocenters. The standard InChI is InChI=1S/C14H20N4O.ClH/c1-11-5-2-3-9-17(11)14-15-8-7-12(16-14)18-10-4-6-13(18)19;/h7-8,11H,2-6,9-10H2,1H3;1H. The van der Waals surface area contributed by atoms with Gasteiger partial charge in [0, 0.05) is 31.7 Å². The molecule has 20 heavy (non-hydrogen) atoms. The van der Waals surface area contributed by atoms with Crippen molar-refractivity contribution in [1.29, 1.82) is 0 Å². The molecule has 1 aromatic heterocycles. The van der Waals surface area contributed by atoms with Crippen molar-refractivity contribution in [2.24, 2.45) is 0 Å². The highest BCUT2D eigenvalue weighted by Gasteiger charge is 2.25. The summed E-state index contributed by atoms with van der Waals surface area (Å²) in [5.41, 5.74) is 0. The average Bonchev–Trinajstić information content (AvgIpc) is 2.86. The number of hydrogen-bond acceptors (Lipinski definition) is 4. The molecule has 2 fully saturated rings. The van der Waals surface area contributed by atoms with Crippen LogP contribution >= 0.6 is 12.4 Å². The van der Waals surface area contributed by atoms with Crippen molar-refractivity contribution >= 4 is 30.1 Å². The van der Waals surface area contributed by atoms with Gasteiger partial charge in [0.05, 0.1) is 0 Å². The molecule has 3 rings (SSSR count). The van der Waals surface area contributed by atoms with E-state index in [0.29, 0.717) is 12.5 Å². The number of hydrogen-bond donors (Lipinski definition) is 0. The summed E-state index contributed by atoms with van der Waals surface area (Å²) in [5, 5.41) is 0. The molecular weight excluding hydrogens is 276 g/mol. The first-order chi connectivity index (χ1) is 9.25. The zero-order valence-electron chi connectivity index (χ0n) is 11.8. The molecule has 2 aliphatic rings. The number of carbonyl (C=O) groups is 1. The fraction of sp³-hybridized carbons (Fsp3) is 0.643. The molecule has 1 unspecified atom stereocenters. The molecule has 1 amide bonds. The molecule has 0 aliphatic carbocycles. The van der Waals surface area contributed by atoms with E-state index in [2.05, 4.69) is 21.8 Å². The SMILES string of the molecule is CC1CCCCN1c1nccc(N2CCCC2=O)n1.Cl. The molecular formula is C14H21ClN4O. The van der Waals surface area contributed by atoms with Crippen LogP contribution in [0.3, 0.4) is 0 Å². The van der Waals surface area contributed by atoms with Crippen LogP contribution in [0.15, 0.2) is 12.3 Å². The van der Waals surface area contributed by atoms with Gasteiger partial charge in [-0.1, -0.05) is 0 Å². The Morgan fingerprint density at radius 3 is 2.80 bits per heavy atom. The lowest BCUT2D eigenvalue weighted by atomic mass is 10.0. The van der Waals surface area contributed by atoms with E-state index in [4.69, 9.17) is 0 Å². The molecule has 0 spiro atoms. The lowest BCUT2D eigenvalue weighted by molar-refractivity contribution is -0.117. The molecule has 6 heteroatoms. The Morgan fingerprint density at radius 2 is 2.10 bits per heavy atom. The normalized spacial score (nSPS) is 22.9. The summed E-state index contributed by atoms with van der Waals surface area (Å²) in [5.74, 6) is 1.70. The van der Waals surface area contributed by atoms with E-state index in [1.165, 1.54) is 19.3 Å². The fourth-order valence-electron chi connectivity index (χ4n) is 2.91. The first-order valence-electron chi connectivity index (χ1n) is 7.16. The van der Waals surface area contributed by atoms with Gasteiger partial charge in [-0.3, -0.25) is 9.69 Å². The van der Waals surface area contributed by atoms with Crippen LogP contribution in [0.1, 0.15) is 39.0 Å². The van der Waals surface area contributed by atoms with Gasteiger partial charge in [0.25, 0.3) is 0 Å². The molecule has 0 saturated carbocycles. The smallest absolute Gasteiger partial charge is 0.228 e. The third kappa shape index (κ3) is 2.87. The van der Waals surface area contributed by atoms with Gasteiger partial charge in [-0.05, 0) is 38.7 Å². The zero-order valence-corrected chi connectivity index (χ0v) is 12.6. The quantitative estimate of drug-likeness (QED) is 0.841. The second-order valence-corrected chi connectivity index (χ2v) is 5.40. The highest BCUT2D eigenvalue weighted by molar-refractivity contribution is 5.94. The van der Waals surface area contributed by atoms with E-state index in [9.17, 15) is 4.79 Å². The van der Waals surface area contributed by atoms with E-state index in [0.717, 1.165) is 31.3 Å². The highest BCUT2D eigenvalue weighted by Crippen LogP contribution is 2.24. The van der Waals surface area contributed by atoms with Gasteiger partial charge < -0.3 is 4.90 Å². The Bertz CT molecular complexity index is 482. The summed E-state index contributed by atoms with van der Waals surface area (Å²) in [7, 11) is 0. The number of amides is 1. The van der Waals surface area contributed by atoms with Crippen molar-refractivity contribution < 1.29 is 4.79 Å². The summed E-state index contributed by atoms with van der Waals surface area (Å²) in [6.07, 6.45) is 7.00. The molecule has 2 aliphatic heterocycles. The van der Waals surface area contributed by atoms with Crippen molar-refractivity contribution in [3.63, 3.8) is 0 Å². The van der Waals surface area contributed by atoms with E-state index < -0.39 is 0 Å². The number of aromatic nitrogens is 2. The van der Waals surface area contributed by atoms with E-state index in [1.807, 2.05) is 6.07 Å². The van der Waals surface area contributed by atoms with Crippen LogP contribution in [0.5, 0.6) is 0 Å². The van der Waals surface area contributed by atoms with Crippen molar-refractivity contribution in [3.05, 3.63) is 12.3 Å². The van der Waals surface area contributed by atoms with Gasteiger partial charge in [-0.15, -0.1) is 12.4 Å². The molecule has 110 valence electrons. The number of piperidine rings is 1. The van der Waals surface area contributed by atoms with E-state index >= 15 is 0 Å². The molecule has 0 aromatic carbocycles. The molecule has 2 saturated heterocycles. The minimum Gasteiger partial charge on any atom is -0.338 e. The molecule has 5 nitrogen and oxygen atoms in total. The fourth-order valence-corrected chi connectivity index (χ4v) is 2.91. The minimum atomic E-state index is 0. The van der Waals surface area contributed by atoms with Crippen molar-refractivity contribution in [2.75, 3.05) is 22.9 Å². The second-order valence-electron chi connectivity index (χ2n) is 5.40. The Balaban J connectivity index is 0.00000147. The average molecular weight is 297 g/mol. The highest BCUT2D eigenvalue weighted by atomic mass is 35.5. The number of nitrogens with zero attached hydrogens (tertiary/aromatic N) is 4. The Labute approximate surface area is 125 Å². The third-order valence-corrected chi connectivity index (χ3v) is 4.04. The van der Waals surface area contributed by atoms with Gasteiger partial charge in [-0.25, -0.2) is 4.98 Å². The molecule has 0 N–H and O–H groups in total. The monoisotopic (exact) mass is 296 g/mol. The second kappa shape index (κ2) is 6.39. The van der Waals surface area contributed by atoms with Gasteiger partial charge in [0.2, 0.25) is 11.9 Å². The zero-order chi connectivity index (χ0) is 13.2. The summed E-state index contributed by atoms with van der Waals surface area (Å²) in [6, 6.07) is 2.32. The first kappa shape index (κ1) is 15.0. The van der Waals surface area contributed by atoms with Crippen LogP contribution in [0.25, 0.3) is 0 Å². The number of carbonyl (C=O) groups excluding carboxylic acids is 1. The van der Waals surface area contributed by atoms with Crippen molar-refractivity contribution in [1.82, 2.24) is 9.97 Å². The first-order valence-corrected chi connectivity index (χ1v) is 7.16. The predicted molar refractivity (Wildman–Crippen MR) is 81.5 cm³/mol. The Morgan fingerprint density at radius 1 is 1.25 bits per heavy atom. The summed E-state index contributed by atoms with van der Waals surface area (Å²) >= 11 is 0. The van der Waals surface area contributed by atoms with Crippen molar-refractivity contribution in [3.8, 4) is 0 Å². The van der Waals surface area contributed by atoms with Crippen LogP contribution in [-0.4, -0.2) is 35.0 Å². The van der Waals surface area contributed by atoms with Gasteiger partial charge in [-0.2, -0.15) is 4.98 Å². The number of anilines is 2. The topological polar surface area (TPSA) is 49.3 Å². The third-order valence-electron chi connectivity index (χ3n) is 4.04. The van der Waals surface area contributed by atoms with Gasteiger partial charge in [0.1, 0.15) is 5.82 Å². The molecule has 1 aromatic rings. The van der Waals surface area contributed by atoms with Crippen molar-refractivity contribution in [2.45, 2.75) is 45.1 Å². The summed E-state index contributed by atoms with van der Waals surface area (Å²) < 4.78 is 0. The van der Waals surface area contributed by atoms with Crippen LogP contribution in [0.4, 0.5) is 11.8 Å². The van der Waals surface area contributed by atoms with Crippen LogP contribution < -0.4 is 9.80 Å². The molecule has 3 heterocycles. The van der Waals surface area contributed by atoms with Crippen LogP contribution in [0, 0.1) is 0 Å². The lowest BCUT2D eigenvalue weighted by Crippen LogP contribution is -2.39. The summed E-state index contributed by atoms with van der Waals surface area (Å²) in [6.45, 7) is 4.01. The van der Waals surface area contributed by atoms with Crippen LogP contribution in [-0.2, 0) is 4.79 Å². The number of rotatable bonds is 2. The largest absolute Gasteiger partial charge is 0.338 e. The Kier molecular flexibility index (Phi) is 4.81. The lowest BCUT2D eigenvalue weighted by Gasteiger charge is -2.33. The minimum absolute atomic E-state index is 0. The molecule has 0 radical (unpaired) electrons. The maximum atomic E-state index is 11.8. The maximum absolute atomic E-state index is 11.8. The predicted octanol–water partition coefficient (Wildman–Crippen LogP) is 2.40. The number of halogens is 1. The Hall–Kier alpha value is -1.36. The van der Waals surface area contributed by atoms with Crippen LogP contribution in [0.2, 0.25) is 0 Å². The maximum Gasteiger partial charge on any atom is 0.228 e. The van der Waals surface area contributed by atoms with Gasteiger partial charge in [0.15, 0.2) is 0 Å². The van der Waals surface area contributed by atoms with Gasteiger partial charge >= 0.3 is 0 Å². The van der Waals surface area contributed by atoms with E-state index in [1.54, 1.807) is 11.1 Å². The van der Waals surface area contributed by atoms with E-state index in [-0.39, 0.29) is 18.3 Å². The molecule has 0 bridgehead atoms.